The van der Waals surface area contributed by atoms with Gasteiger partial charge in [-0.25, -0.2) is 0 Å². The van der Waals surface area contributed by atoms with Gasteiger partial charge < -0.3 is 9.47 Å². The van der Waals surface area contributed by atoms with Gasteiger partial charge in [0.25, 0.3) is 0 Å². The minimum absolute atomic E-state index is 0.176. The summed E-state index contributed by atoms with van der Waals surface area (Å²) in [5.74, 6) is -0.176. The highest BCUT2D eigenvalue weighted by Gasteiger charge is 2.39. The van der Waals surface area contributed by atoms with Crippen molar-refractivity contribution in [2.75, 3.05) is 13.7 Å². The van der Waals surface area contributed by atoms with E-state index in [1.807, 2.05) is 6.92 Å². The van der Waals surface area contributed by atoms with Gasteiger partial charge in [0, 0.05) is 12.6 Å². The molecule has 104 valence electrons. The maximum Gasteiger partial charge on any atom is 0.325 e. The van der Waals surface area contributed by atoms with Gasteiger partial charge in [0.05, 0.1) is 13.2 Å². The van der Waals surface area contributed by atoms with E-state index in [4.69, 9.17) is 9.47 Å². The Kier molecular flexibility index (Phi) is 4.62. The number of nitrogens with one attached hydrogen (secondary N) is 1. The molecule has 2 aliphatic rings. The summed E-state index contributed by atoms with van der Waals surface area (Å²) in [6.07, 6.45) is 8.32. The third-order valence-corrected chi connectivity index (χ3v) is 3.99. The van der Waals surface area contributed by atoms with Gasteiger partial charge in [0.15, 0.2) is 0 Å². The van der Waals surface area contributed by atoms with Crippen LogP contribution in [0.1, 0.15) is 51.9 Å². The molecule has 0 heterocycles. The third kappa shape index (κ3) is 3.69. The summed E-state index contributed by atoms with van der Waals surface area (Å²) in [7, 11) is 1.45. The van der Waals surface area contributed by atoms with Crippen molar-refractivity contribution in [3.63, 3.8) is 0 Å². The minimum Gasteiger partial charge on any atom is -0.468 e. The van der Waals surface area contributed by atoms with E-state index in [1.165, 1.54) is 32.8 Å². The lowest BCUT2D eigenvalue weighted by Crippen LogP contribution is -2.52. The summed E-state index contributed by atoms with van der Waals surface area (Å²) in [4.78, 5) is 11.9. The van der Waals surface area contributed by atoms with Crippen LogP contribution in [0.2, 0.25) is 0 Å². The van der Waals surface area contributed by atoms with Crippen molar-refractivity contribution in [2.45, 2.75) is 69.6 Å². The Morgan fingerprint density at radius 2 is 1.94 bits per heavy atom. The van der Waals surface area contributed by atoms with Crippen LogP contribution in [0.25, 0.3) is 0 Å². The van der Waals surface area contributed by atoms with Crippen molar-refractivity contribution in [2.24, 2.45) is 0 Å². The molecule has 2 aliphatic carbocycles. The second kappa shape index (κ2) is 6.02. The molecule has 18 heavy (non-hydrogen) atoms. The quantitative estimate of drug-likeness (QED) is 0.707. The van der Waals surface area contributed by atoms with Gasteiger partial charge in [-0.05, 0) is 39.0 Å². The lowest BCUT2D eigenvalue weighted by Gasteiger charge is -2.28. The van der Waals surface area contributed by atoms with E-state index in [2.05, 4.69) is 5.32 Å². The molecule has 0 aliphatic heterocycles. The second-order valence-corrected chi connectivity index (χ2v) is 5.77. The number of hydrogen-bond donors (Lipinski definition) is 1. The Morgan fingerprint density at radius 3 is 2.50 bits per heavy atom. The van der Waals surface area contributed by atoms with Gasteiger partial charge in [-0.1, -0.05) is 12.8 Å². The van der Waals surface area contributed by atoms with Crippen LogP contribution in [0.3, 0.4) is 0 Å². The summed E-state index contributed by atoms with van der Waals surface area (Å²) >= 11 is 0. The minimum atomic E-state index is -0.589. The van der Waals surface area contributed by atoms with Crippen LogP contribution in [-0.2, 0) is 14.3 Å². The molecule has 0 aromatic heterocycles. The van der Waals surface area contributed by atoms with Crippen LogP contribution in [0.15, 0.2) is 0 Å². The first-order valence-corrected chi connectivity index (χ1v) is 7.12. The van der Waals surface area contributed by atoms with E-state index in [-0.39, 0.29) is 5.97 Å². The average molecular weight is 255 g/mol. The summed E-state index contributed by atoms with van der Waals surface area (Å²) in [6.45, 7) is 2.56. The Labute approximate surface area is 109 Å². The van der Waals surface area contributed by atoms with Crippen LogP contribution in [-0.4, -0.2) is 37.4 Å². The Bertz CT molecular complexity index is 285. The monoisotopic (exact) mass is 255 g/mol. The highest BCUT2D eigenvalue weighted by molar-refractivity contribution is 5.80. The van der Waals surface area contributed by atoms with Crippen LogP contribution < -0.4 is 5.32 Å². The average Bonchev–Trinajstić information content (AvgIpc) is 3.01. The molecule has 0 aromatic carbocycles. The Balaban J connectivity index is 1.78. The Hall–Kier alpha value is -0.610. The van der Waals surface area contributed by atoms with Crippen molar-refractivity contribution in [1.82, 2.24) is 5.32 Å². The highest BCUT2D eigenvalue weighted by atomic mass is 16.5. The number of hydrogen-bond acceptors (Lipinski definition) is 4. The van der Waals surface area contributed by atoms with Crippen molar-refractivity contribution in [3.05, 3.63) is 0 Å². The van der Waals surface area contributed by atoms with E-state index < -0.39 is 5.54 Å². The van der Waals surface area contributed by atoms with Crippen LogP contribution >= 0.6 is 0 Å². The summed E-state index contributed by atoms with van der Waals surface area (Å²) in [6, 6.07) is 0.487. The molecule has 2 fully saturated rings. The molecule has 1 unspecified atom stereocenters. The van der Waals surface area contributed by atoms with Gasteiger partial charge in [-0.2, -0.15) is 0 Å². The van der Waals surface area contributed by atoms with Gasteiger partial charge in [0.2, 0.25) is 0 Å². The molecule has 1 atom stereocenters. The van der Waals surface area contributed by atoms with Crippen LogP contribution in [0.5, 0.6) is 0 Å². The smallest absolute Gasteiger partial charge is 0.325 e. The first-order valence-electron chi connectivity index (χ1n) is 7.12. The van der Waals surface area contributed by atoms with E-state index in [1.54, 1.807) is 0 Å². The van der Waals surface area contributed by atoms with Crippen molar-refractivity contribution in [1.29, 1.82) is 0 Å². The standard InChI is InChI=1S/C14H25NO3/c1-14(13(16)17-2,15-11-7-8-11)9-10-18-12-5-3-4-6-12/h11-12,15H,3-10H2,1-2H3. The normalized spacial score (nSPS) is 23.9. The number of methoxy groups -OCH3 is 1. The summed E-state index contributed by atoms with van der Waals surface area (Å²) in [5, 5.41) is 3.39. The lowest BCUT2D eigenvalue weighted by atomic mass is 9.98. The molecule has 4 nitrogen and oxygen atoms in total. The molecule has 0 bridgehead atoms. The van der Waals surface area contributed by atoms with Gasteiger partial charge >= 0.3 is 5.97 Å². The fraction of sp³-hybridized carbons (Fsp3) is 0.929. The Morgan fingerprint density at radius 1 is 1.28 bits per heavy atom. The summed E-state index contributed by atoms with van der Waals surface area (Å²) in [5.41, 5.74) is -0.589. The molecule has 0 saturated heterocycles. The highest BCUT2D eigenvalue weighted by Crippen LogP contribution is 2.26. The SMILES string of the molecule is COC(=O)C(C)(CCOC1CCCC1)NC1CC1. The zero-order valence-corrected chi connectivity index (χ0v) is 11.5. The molecule has 4 heteroatoms. The zero-order chi connectivity index (χ0) is 13.0. The second-order valence-electron chi connectivity index (χ2n) is 5.77. The van der Waals surface area contributed by atoms with Crippen molar-refractivity contribution < 1.29 is 14.3 Å². The molecule has 0 spiro atoms. The first kappa shape index (κ1) is 13.8. The predicted molar refractivity (Wildman–Crippen MR) is 69.4 cm³/mol. The van der Waals surface area contributed by atoms with Gasteiger partial charge in [-0.15, -0.1) is 0 Å². The number of esters is 1. The number of carbonyl (C=O) groups is 1. The maximum atomic E-state index is 11.9. The van der Waals surface area contributed by atoms with Crippen molar-refractivity contribution in [3.8, 4) is 0 Å². The van der Waals surface area contributed by atoms with Gasteiger partial charge in [-0.3, -0.25) is 10.1 Å². The van der Waals surface area contributed by atoms with Crippen LogP contribution in [0.4, 0.5) is 0 Å². The topological polar surface area (TPSA) is 47.6 Å². The predicted octanol–water partition coefficient (Wildman–Crippen LogP) is 2.02. The third-order valence-electron chi connectivity index (χ3n) is 3.99. The van der Waals surface area contributed by atoms with Crippen LogP contribution in [0, 0.1) is 0 Å². The molecule has 2 rings (SSSR count). The largest absolute Gasteiger partial charge is 0.468 e. The molecular formula is C14H25NO3. The number of carbonyl (C=O) groups excluding carboxylic acids is 1. The first-order chi connectivity index (χ1) is 8.64. The van der Waals surface area contributed by atoms with Crippen molar-refractivity contribution >= 4 is 5.97 Å². The van der Waals surface area contributed by atoms with Gasteiger partial charge in [0.1, 0.15) is 5.54 Å². The van der Waals surface area contributed by atoms with E-state index in [0.717, 1.165) is 12.8 Å². The van der Waals surface area contributed by atoms with E-state index >= 15 is 0 Å². The summed E-state index contributed by atoms with van der Waals surface area (Å²) < 4.78 is 10.8. The van der Waals surface area contributed by atoms with E-state index in [0.29, 0.717) is 25.2 Å². The molecule has 2 saturated carbocycles. The number of rotatable bonds is 7. The molecule has 0 amide bonds. The lowest BCUT2D eigenvalue weighted by molar-refractivity contribution is -0.149. The zero-order valence-electron chi connectivity index (χ0n) is 11.5. The molecule has 0 aromatic rings. The fourth-order valence-electron chi connectivity index (χ4n) is 2.62. The van der Waals surface area contributed by atoms with E-state index in [9.17, 15) is 4.79 Å². The molecule has 1 N–H and O–H groups in total. The molecular weight excluding hydrogens is 230 g/mol. The molecule has 0 radical (unpaired) electrons. The maximum absolute atomic E-state index is 11.9. The number of ether oxygens (including phenoxy) is 2. The fourth-order valence-corrected chi connectivity index (χ4v) is 2.62.